The second kappa shape index (κ2) is 8.02. The highest BCUT2D eigenvalue weighted by molar-refractivity contribution is 5.79. The predicted octanol–water partition coefficient (Wildman–Crippen LogP) is 3.78. The Hall–Kier alpha value is -3.61. The molecular formula is C23H23N3O4. The molecule has 0 saturated carbocycles. The van der Waals surface area contributed by atoms with Crippen LogP contribution in [0.1, 0.15) is 40.8 Å². The van der Waals surface area contributed by atoms with Crippen molar-refractivity contribution in [1.29, 1.82) is 0 Å². The molecule has 7 nitrogen and oxygen atoms in total. The molecule has 0 saturated heterocycles. The Labute approximate surface area is 174 Å². The standard InChI is InChI=1S/C23H23N3O4/c1-14-19(12-26(2)25-14)21(11-22(27)28)24-23(29)30-13-20-17-9-5-3-7-15(17)16-8-4-6-10-18(16)20/h3-10,12,20-21H,11,13H2,1-2H3,(H,24,29)(H,27,28)/t21-/m1/s1. The molecule has 30 heavy (non-hydrogen) atoms. The molecule has 3 aromatic rings. The van der Waals surface area contributed by atoms with Gasteiger partial charge in [-0.05, 0) is 29.2 Å². The minimum atomic E-state index is -1.01. The van der Waals surface area contributed by atoms with E-state index in [0.717, 1.165) is 22.3 Å². The van der Waals surface area contributed by atoms with Gasteiger partial charge in [0.15, 0.2) is 0 Å². The molecule has 0 bridgehead atoms. The Morgan fingerprint density at radius 2 is 1.73 bits per heavy atom. The van der Waals surface area contributed by atoms with E-state index in [0.29, 0.717) is 11.3 Å². The summed E-state index contributed by atoms with van der Waals surface area (Å²) in [6, 6.07) is 15.5. The van der Waals surface area contributed by atoms with Crippen LogP contribution in [0.15, 0.2) is 54.7 Å². The fourth-order valence-electron chi connectivity index (χ4n) is 4.16. The van der Waals surface area contributed by atoms with Gasteiger partial charge in [0.25, 0.3) is 0 Å². The second-order valence-corrected chi connectivity index (χ2v) is 7.46. The van der Waals surface area contributed by atoms with Crippen LogP contribution < -0.4 is 5.32 Å². The number of hydrogen-bond donors (Lipinski definition) is 2. The van der Waals surface area contributed by atoms with Gasteiger partial charge in [-0.3, -0.25) is 9.48 Å². The highest BCUT2D eigenvalue weighted by Crippen LogP contribution is 2.44. The van der Waals surface area contributed by atoms with E-state index in [1.807, 2.05) is 36.4 Å². The third-order valence-electron chi connectivity index (χ3n) is 5.44. The monoisotopic (exact) mass is 405 g/mol. The Morgan fingerprint density at radius 1 is 1.13 bits per heavy atom. The molecule has 1 aliphatic rings. The van der Waals surface area contributed by atoms with Gasteiger partial charge < -0.3 is 15.2 Å². The number of carboxylic acids is 1. The number of hydrogen-bond acceptors (Lipinski definition) is 4. The molecule has 2 N–H and O–H groups in total. The van der Waals surface area contributed by atoms with Gasteiger partial charge in [0.05, 0.1) is 18.2 Å². The van der Waals surface area contributed by atoms with Gasteiger partial charge in [-0.15, -0.1) is 0 Å². The Kier molecular flexibility index (Phi) is 5.27. The first kappa shape index (κ1) is 19.7. The summed E-state index contributed by atoms with van der Waals surface area (Å²) in [5.41, 5.74) is 5.87. The number of amides is 1. The smallest absolute Gasteiger partial charge is 0.407 e. The van der Waals surface area contributed by atoms with Gasteiger partial charge >= 0.3 is 12.1 Å². The van der Waals surface area contributed by atoms with Crippen molar-refractivity contribution in [2.75, 3.05) is 6.61 Å². The molecule has 0 radical (unpaired) electrons. The summed E-state index contributed by atoms with van der Waals surface area (Å²) in [7, 11) is 1.75. The van der Waals surface area contributed by atoms with Crippen LogP contribution in [0.4, 0.5) is 4.79 Å². The molecule has 4 rings (SSSR count). The van der Waals surface area contributed by atoms with Crippen molar-refractivity contribution in [3.63, 3.8) is 0 Å². The first-order valence-electron chi connectivity index (χ1n) is 9.77. The number of alkyl carbamates (subject to hydrolysis) is 1. The van der Waals surface area contributed by atoms with E-state index < -0.39 is 18.1 Å². The molecule has 7 heteroatoms. The maximum absolute atomic E-state index is 12.6. The van der Waals surface area contributed by atoms with E-state index in [9.17, 15) is 14.7 Å². The summed E-state index contributed by atoms with van der Waals surface area (Å²) < 4.78 is 7.15. The van der Waals surface area contributed by atoms with Gasteiger partial charge in [0.2, 0.25) is 0 Å². The normalized spacial score (nSPS) is 13.4. The van der Waals surface area contributed by atoms with Gasteiger partial charge in [-0.1, -0.05) is 48.5 Å². The summed E-state index contributed by atoms with van der Waals surface area (Å²) >= 11 is 0. The van der Waals surface area contributed by atoms with Crippen molar-refractivity contribution in [3.05, 3.63) is 77.1 Å². The van der Waals surface area contributed by atoms with Crippen molar-refractivity contribution in [1.82, 2.24) is 15.1 Å². The summed E-state index contributed by atoms with van der Waals surface area (Å²) in [6.45, 7) is 1.95. The number of benzene rings is 2. The first-order valence-corrected chi connectivity index (χ1v) is 9.77. The van der Waals surface area contributed by atoms with Gasteiger partial charge in [0, 0.05) is 24.7 Å². The highest BCUT2D eigenvalue weighted by atomic mass is 16.5. The number of carbonyl (C=O) groups is 2. The fraction of sp³-hybridized carbons (Fsp3) is 0.261. The average molecular weight is 405 g/mol. The van der Waals surface area contributed by atoms with Crippen molar-refractivity contribution in [2.24, 2.45) is 7.05 Å². The molecule has 1 aliphatic carbocycles. The van der Waals surface area contributed by atoms with Crippen molar-refractivity contribution in [2.45, 2.75) is 25.3 Å². The molecule has 0 fully saturated rings. The average Bonchev–Trinajstić information content (AvgIpc) is 3.22. The quantitative estimate of drug-likeness (QED) is 0.651. The van der Waals surface area contributed by atoms with Crippen LogP contribution in [0.3, 0.4) is 0 Å². The number of rotatable bonds is 6. The summed E-state index contributed by atoms with van der Waals surface area (Å²) in [4.78, 5) is 23.9. The molecule has 1 aromatic heterocycles. The van der Waals surface area contributed by atoms with Gasteiger partial charge in [0.1, 0.15) is 6.61 Å². The number of carbonyl (C=O) groups excluding carboxylic acids is 1. The van der Waals surface area contributed by atoms with Crippen LogP contribution >= 0.6 is 0 Å². The van der Waals surface area contributed by atoms with Crippen molar-refractivity contribution >= 4 is 12.1 Å². The Morgan fingerprint density at radius 3 is 2.27 bits per heavy atom. The Bertz CT molecular complexity index is 1060. The SMILES string of the molecule is Cc1nn(C)cc1[C@@H](CC(=O)O)NC(=O)OCC1c2ccccc2-c2ccccc21. The molecule has 2 aromatic carbocycles. The van der Waals surface area contributed by atoms with Crippen LogP contribution in [0.5, 0.6) is 0 Å². The zero-order valence-electron chi connectivity index (χ0n) is 16.8. The molecule has 1 atom stereocenters. The Balaban J connectivity index is 1.49. The zero-order valence-corrected chi connectivity index (χ0v) is 16.8. The van der Waals surface area contributed by atoms with E-state index >= 15 is 0 Å². The predicted molar refractivity (Wildman–Crippen MR) is 111 cm³/mol. The minimum Gasteiger partial charge on any atom is -0.481 e. The van der Waals surface area contributed by atoms with Gasteiger partial charge in [-0.25, -0.2) is 4.79 Å². The van der Waals surface area contributed by atoms with Crippen LogP contribution in [0, 0.1) is 6.92 Å². The maximum atomic E-state index is 12.6. The minimum absolute atomic E-state index is 0.0544. The van der Waals surface area contributed by atoms with Crippen LogP contribution in [0.2, 0.25) is 0 Å². The number of ether oxygens (including phenoxy) is 1. The fourth-order valence-corrected chi connectivity index (χ4v) is 4.16. The van der Waals surface area contributed by atoms with E-state index in [2.05, 4.69) is 22.5 Å². The van der Waals surface area contributed by atoms with Crippen LogP contribution in [0.25, 0.3) is 11.1 Å². The molecule has 1 heterocycles. The number of aromatic nitrogens is 2. The molecule has 0 unspecified atom stereocenters. The van der Waals surface area contributed by atoms with E-state index in [4.69, 9.17) is 4.74 Å². The third-order valence-corrected chi connectivity index (χ3v) is 5.44. The highest BCUT2D eigenvalue weighted by Gasteiger charge is 2.29. The number of carboxylic acid groups (broad SMARTS) is 1. The lowest BCUT2D eigenvalue weighted by molar-refractivity contribution is -0.137. The van der Waals surface area contributed by atoms with E-state index in [1.54, 1.807) is 24.9 Å². The van der Waals surface area contributed by atoms with Crippen LogP contribution in [-0.2, 0) is 16.6 Å². The molecule has 0 spiro atoms. The summed E-state index contributed by atoms with van der Waals surface area (Å²) in [6.07, 6.45) is 0.815. The van der Waals surface area contributed by atoms with E-state index in [-0.39, 0.29) is 18.9 Å². The lowest BCUT2D eigenvalue weighted by Gasteiger charge is -2.18. The number of nitrogens with zero attached hydrogens (tertiary/aromatic N) is 2. The lowest BCUT2D eigenvalue weighted by Crippen LogP contribution is -2.32. The molecule has 1 amide bonds. The third kappa shape index (κ3) is 3.78. The topological polar surface area (TPSA) is 93.5 Å². The summed E-state index contributed by atoms with van der Waals surface area (Å²) in [5.74, 6) is -1.07. The zero-order chi connectivity index (χ0) is 21.3. The number of aryl methyl sites for hydroxylation is 2. The number of nitrogens with one attached hydrogen (secondary N) is 1. The van der Waals surface area contributed by atoms with Gasteiger partial charge in [-0.2, -0.15) is 5.10 Å². The largest absolute Gasteiger partial charge is 0.481 e. The second-order valence-electron chi connectivity index (χ2n) is 7.46. The van der Waals surface area contributed by atoms with Crippen molar-refractivity contribution in [3.8, 4) is 11.1 Å². The number of fused-ring (bicyclic) bond motifs is 3. The summed E-state index contributed by atoms with van der Waals surface area (Å²) in [5, 5.41) is 16.2. The molecular weight excluding hydrogens is 382 g/mol. The molecule has 154 valence electrons. The number of aliphatic carboxylic acids is 1. The maximum Gasteiger partial charge on any atom is 0.407 e. The lowest BCUT2D eigenvalue weighted by atomic mass is 9.98. The van der Waals surface area contributed by atoms with E-state index in [1.165, 1.54) is 0 Å². The molecule has 0 aliphatic heterocycles. The first-order chi connectivity index (χ1) is 14.4. The van der Waals surface area contributed by atoms with Crippen LogP contribution in [-0.4, -0.2) is 33.6 Å². The van der Waals surface area contributed by atoms with Crippen molar-refractivity contribution < 1.29 is 19.4 Å².